The fraction of sp³-hybridized carbons (Fsp3) is 0.133. The van der Waals surface area contributed by atoms with Gasteiger partial charge in [0.25, 0.3) is 0 Å². The van der Waals surface area contributed by atoms with Gasteiger partial charge in [0.05, 0.1) is 11.9 Å². The highest BCUT2D eigenvalue weighted by Gasteiger charge is 2.10. The molecule has 1 aromatic carbocycles. The molecule has 3 aromatic rings. The van der Waals surface area contributed by atoms with E-state index in [1.807, 2.05) is 12.1 Å². The Balaban J connectivity index is 2.06. The van der Waals surface area contributed by atoms with E-state index >= 15 is 0 Å². The van der Waals surface area contributed by atoms with Crippen LogP contribution < -0.4 is 0 Å². The number of nitrogens with zero attached hydrogens (tertiary/aromatic N) is 4. The van der Waals surface area contributed by atoms with Gasteiger partial charge < -0.3 is 0 Å². The van der Waals surface area contributed by atoms with Gasteiger partial charge in [-0.2, -0.15) is 10.4 Å². The molecule has 0 amide bonds. The molecular weight excluding hydrogens is 236 g/mol. The van der Waals surface area contributed by atoms with Gasteiger partial charge in [0.1, 0.15) is 6.07 Å². The molecular formula is C15H12N4. The maximum atomic E-state index is 9.10. The van der Waals surface area contributed by atoms with Crippen LogP contribution >= 0.6 is 0 Å². The standard InChI is InChI=1S/C15H12N4/c1-11-4-6-12(7-5-11)10-19-15-13(3-2-8-17-15)14(9-16)18-19/h2-8H,10H2,1H3. The summed E-state index contributed by atoms with van der Waals surface area (Å²) in [6.45, 7) is 2.68. The minimum Gasteiger partial charge on any atom is -0.241 e. The van der Waals surface area contributed by atoms with Crippen LogP contribution in [-0.4, -0.2) is 14.8 Å². The molecule has 0 N–H and O–H groups in total. The Morgan fingerprint density at radius 1 is 1.21 bits per heavy atom. The average molecular weight is 248 g/mol. The van der Waals surface area contributed by atoms with Crippen molar-refractivity contribution in [2.75, 3.05) is 0 Å². The molecule has 3 rings (SSSR count). The van der Waals surface area contributed by atoms with Crippen LogP contribution in [0.3, 0.4) is 0 Å². The minimum atomic E-state index is 0.426. The van der Waals surface area contributed by atoms with E-state index in [0.717, 1.165) is 16.6 Å². The summed E-state index contributed by atoms with van der Waals surface area (Å²) in [5.41, 5.74) is 3.55. The van der Waals surface area contributed by atoms with E-state index < -0.39 is 0 Å². The quantitative estimate of drug-likeness (QED) is 0.700. The minimum absolute atomic E-state index is 0.426. The summed E-state index contributed by atoms with van der Waals surface area (Å²) < 4.78 is 1.78. The van der Waals surface area contributed by atoms with Crippen molar-refractivity contribution in [1.29, 1.82) is 5.26 Å². The number of aromatic nitrogens is 3. The number of nitriles is 1. The molecule has 4 nitrogen and oxygen atoms in total. The summed E-state index contributed by atoms with van der Waals surface area (Å²) >= 11 is 0. The van der Waals surface area contributed by atoms with E-state index in [2.05, 4.69) is 47.3 Å². The zero-order valence-corrected chi connectivity index (χ0v) is 10.5. The number of rotatable bonds is 2. The van der Waals surface area contributed by atoms with Crippen LogP contribution in [0.2, 0.25) is 0 Å². The van der Waals surface area contributed by atoms with E-state index in [1.165, 1.54) is 5.56 Å². The molecule has 0 atom stereocenters. The number of aryl methyl sites for hydroxylation is 1. The molecule has 0 bridgehead atoms. The highest BCUT2D eigenvalue weighted by atomic mass is 15.3. The van der Waals surface area contributed by atoms with Crippen molar-refractivity contribution in [2.24, 2.45) is 0 Å². The summed E-state index contributed by atoms with van der Waals surface area (Å²) in [6, 6.07) is 14.1. The highest BCUT2D eigenvalue weighted by molar-refractivity contribution is 5.80. The second kappa shape index (κ2) is 4.54. The van der Waals surface area contributed by atoms with Gasteiger partial charge in [-0.05, 0) is 24.6 Å². The van der Waals surface area contributed by atoms with E-state index in [-0.39, 0.29) is 0 Å². The van der Waals surface area contributed by atoms with Gasteiger partial charge in [-0.25, -0.2) is 9.67 Å². The topological polar surface area (TPSA) is 54.5 Å². The normalized spacial score (nSPS) is 10.5. The maximum absolute atomic E-state index is 9.10. The van der Waals surface area contributed by atoms with Crippen LogP contribution in [-0.2, 0) is 6.54 Å². The van der Waals surface area contributed by atoms with Gasteiger partial charge >= 0.3 is 0 Å². The van der Waals surface area contributed by atoms with Gasteiger partial charge in [0.15, 0.2) is 11.3 Å². The molecule has 92 valence electrons. The average Bonchev–Trinajstić information content (AvgIpc) is 2.80. The van der Waals surface area contributed by atoms with Crippen molar-refractivity contribution >= 4 is 11.0 Å². The number of fused-ring (bicyclic) bond motifs is 1. The second-order valence-electron chi connectivity index (χ2n) is 4.48. The van der Waals surface area contributed by atoms with E-state index in [4.69, 9.17) is 5.26 Å². The van der Waals surface area contributed by atoms with E-state index in [1.54, 1.807) is 10.9 Å². The third kappa shape index (κ3) is 2.06. The Bertz CT molecular complexity index is 763. The predicted octanol–water partition coefficient (Wildman–Crippen LogP) is 2.66. The first-order valence-electron chi connectivity index (χ1n) is 6.05. The molecule has 0 aliphatic carbocycles. The van der Waals surface area contributed by atoms with Crippen molar-refractivity contribution in [3.63, 3.8) is 0 Å². The molecule has 0 fully saturated rings. The van der Waals surface area contributed by atoms with Crippen LogP contribution in [0, 0.1) is 18.3 Å². The monoisotopic (exact) mass is 248 g/mol. The molecule has 19 heavy (non-hydrogen) atoms. The molecule has 0 saturated heterocycles. The molecule has 2 heterocycles. The summed E-state index contributed by atoms with van der Waals surface area (Å²) in [5, 5.41) is 14.2. The summed E-state index contributed by atoms with van der Waals surface area (Å²) in [4.78, 5) is 4.31. The van der Waals surface area contributed by atoms with Crippen molar-refractivity contribution in [1.82, 2.24) is 14.8 Å². The van der Waals surface area contributed by atoms with E-state index in [0.29, 0.717) is 12.2 Å². The number of pyridine rings is 1. The Labute approximate surface area is 110 Å². The van der Waals surface area contributed by atoms with Gasteiger partial charge in [0, 0.05) is 6.20 Å². The molecule has 0 aliphatic heterocycles. The smallest absolute Gasteiger partial charge is 0.172 e. The summed E-state index contributed by atoms with van der Waals surface area (Å²) in [6.07, 6.45) is 1.72. The van der Waals surface area contributed by atoms with Crippen molar-refractivity contribution in [3.05, 3.63) is 59.4 Å². The van der Waals surface area contributed by atoms with Gasteiger partial charge in [0.2, 0.25) is 0 Å². The second-order valence-corrected chi connectivity index (χ2v) is 4.48. The molecule has 0 unspecified atom stereocenters. The summed E-state index contributed by atoms with van der Waals surface area (Å²) in [5.74, 6) is 0. The zero-order valence-electron chi connectivity index (χ0n) is 10.5. The fourth-order valence-electron chi connectivity index (χ4n) is 2.07. The predicted molar refractivity (Wildman–Crippen MR) is 72.5 cm³/mol. The van der Waals surface area contributed by atoms with Crippen molar-refractivity contribution < 1.29 is 0 Å². The van der Waals surface area contributed by atoms with Gasteiger partial charge in [-0.3, -0.25) is 0 Å². The summed E-state index contributed by atoms with van der Waals surface area (Å²) in [7, 11) is 0. The lowest BCUT2D eigenvalue weighted by Crippen LogP contribution is -2.02. The first kappa shape index (κ1) is 11.4. The Hall–Kier alpha value is -2.67. The van der Waals surface area contributed by atoms with Crippen molar-refractivity contribution in [2.45, 2.75) is 13.5 Å². The van der Waals surface area contributed by atoms with Gasteiger partial charge in [-0.15, -0.1) is 0 Å². The van der Waals surface area contributed by atoms with Crippen LogP contribution in [0.15, 0.2) is 42.6 Å². The lowest BCUT2D eigenvalue weighted by molar-refractivity contribution is 0.700. The van der Waals surface area contributed by atoms with Crippen LogP contribution in [0.4, 0.5) is 0 Å². The van der Waals surface area contributed by atoms with E-state index in [9.17, 15) is 0 Å². The Morgan fingerprint density at radius 3 is 2.74 bits per heavy atom. The zero-order chi connectivity index (χ0) is 13.2. The SMILES string of the molecule is Cc1ccc(Cn2nc(C#N)c3cccnc32)cc1. The number of benzene rings is 1. The first-order chi connectivity index (χ1) is 9.28. The van der Waals surface area contributed by atoms with Crippen molar-refractivity contribution in [3.8, 4) is 6.07 Å². The molecule has 0 aliphatic rings. The lowest BCUT2D eigenvalue weighted by atomic mass is 10.1. The number of hydrogen-bond acceptors (Lipinski definition) is 3. The Kier molecular flexibility index (Phi) is 2.73. The maximum Gasteiger partial charge on any atom is 0.172 e. The first-order valence-corrected chi connectivity index (χ1v) is 6.05. The van der Waals surface area contributed by atoms with Crippen LogP contribution in [0.5, 0.6) is 0 Å². The highest BCUT2D eigenvalue weighted by Crippen LogP contribution is 2.16. The van der Waals surface area contributed by atoms with Gasteiger partial charge in [-0.1, -0.05) is 29.8 Å². The third-order valence-corrected chi connectivity index (χ3v) is 3.07. The third-order valence-electron chi connectivity index (χ3n) is 3.07. The molecule has 2 aromatic heterocycles. The van der Waals surface area contributed by atoms with Crippen LogP contribution in [0.25, 0.3) is 11.0 Å². The molecule has 0 saturated carbocycles. The number of hydrogen-bond donors (Lipinski definition) is 0. The Morgan fingerprint density at radius 2 is 2.00 bits per heavy atom. The fourth-order valence-corrected chi connectivity index (χ4v) is 2.07. The molecule has 4 heteroatoms. The largest absolute Gasteiger partial charge is 0.241 e. The lowest BCUT2D eigenvalue weighted by Gasteiger charge is -2.03. The molecule has 0 spiro atoms. The molecule has 0 radical (unpaired) electrons. The van der Waals surface area contributed by atoms with Crippen LogP contribution in [0.1, 0.15) is 16.8 Å².